The maximum atomic E-state index is 5.77. The van der Waals surface area contributed by atoms with Crippen molar-refractivity contribution in [1.82, 2.24) is 0 Å². The number of halogens is 2. The van der Waals surface area contributed by atoms with E-state index in [1.165, 1.54) is 16.3 Å². The molecule has 0 aromatic heterocycles. The maximum Gasteiger partial charge on any atom is 0.0264 e. The molecular formula is C12H10BrCl. The highest BCUT2D eigenvalue weighted by Crippen LogP contribution is 2.27. The topological polar surface area (TPSA) is 0 Å². The van der Waals surface area contributed by atoms with Crippen LogP contribution in [0.15, 0.2) is 40.9 Å². The molecule has 0 unspecified atom stereocenters. The van der Waals surface area contributed by atoms with Crippen molar-refractivity contribution in [2.45, 2.75) is 6.42 Å². The fourth-order valence-corrected chi connectivity index (χ4v) is 2.52. The molecular weight excluding hydrogens is 259 g/mol. The lowest BCUT2D eigenvalue weighted by molar-refractivity contribution is 1.17. The molecule has 0 bridgehead atoms. The normalized spacial score (nSPS) is 10.7. The Kier molecular flexibility index (Phi) is 3.09. The Morgan fingerprint density at radius 1 is 1.07 bits per heavy atom. The van der Waals surface area contributed by atoms with Crippen molar-refractivity contribution in [3.63, 3.8) is 0 Å². The van der Waals surface area contributed by atoms with Crippen molar-refractivity contribution in [3.05, 3.63) is 46.4 Å². The minimum absolute atomic E-state index is 0.667. The molecule has 2 aromatic rings. The van der Waals surface area contributed by atoms with Crippen LogP contribution in [0.2, 0.25) is 0 Å². The summed E-state index contributed by atoms with van der Waals surface area (Å²) in [5.74, 6) is 0.667. The third-order valence-corrected chi connectivity index (χ3v) is 3.15. The quantitative estimate of drug-likeness (QED) is 0.710. The smallest absolute Gasteiger partial charge is 0.0264 e. The lowest BCUT2D eigenvalue weighted by atomic mass is 10.0. The molecule has 0 amide bonds. The van der Waals surface area contributed by atoms with E-state index in [0.717, 1.165) is 10.9 Å². The van der Waals surface area contributed by atoms with Crippen LogP contribution in [0.5, 0.6) is 0 Å². The van der Waals surface area contributed by atoms with Crippen LogP contribution in [-0.4, -0.2) is 5.88 Å². The predicted molar refractivity (Wildman–Crippen MR) is 66.1 cm³/mol. The van der Waals surface area contributed by atoms with Crippen molar-refractivity contribution in [2.24, 2.45) is 0 Å². The Balaban J connectivity index is 2.71. The summed E-state index contributed by atoms with van der Waals surface area (Å²) in [6.45, 7) is 0. The number of fused-ring (bicyclic) bond motifs is 1. The molecule has 0 saturated carbocycles. The first-order chi connectivity index (χ1) is 6.83. The van der Waals surface area contributed by atoms with Gasteiger partial charge in [0.15, 0.2) is 0 Å². The molecule has 0 N–H and O–H groups in total. The minimum atomic E-state index is 0.667. The van der Waals surface area contributed by atoms with Gasteiger partial charge in [-0.3, -0.25) is 0 Å². The highest BCUT2D eigenvalue weighted by Gasteiger charge is 2.03. The second-order valence-corrected chi connectivity index (χ2v) is 4.43. The van der Waals surface area contributed by atoms with Crippen LogP contribution >= 0.6 is 27.5 Å². The van der Waals surface area contributed by atoms with Crippen molar-refractivity contribution >= 4 is 38.3 Å². The van der Waals surface area contributed by atoms with Gasteiger partial charge in [-0.25, -0.2) is 0 Å². The number of benzene rings is 2. The van der Waals surface area contributed by atoms with Crippen LogP contribution in [0.1, 0.15) is 5.56 Å². The number of rotatable bonds is 2. The Bertz CT molecular complexity index is 446. The summed E-state index contributed by atoms with van der Waals surface area (Å²) in [5, 5.41) is 2.55. The molecule has 0 atom stereocenters. The molecule has 0 saturated heterocycles. The molecule has 0 fully saturated rings. The molecule has 0 nitrogen and oxygen atoms in total. The number of aryl methyl sites for hydroxylation is 1. The van der Waals surface area contributed by atoms with Crippen LogP contribution < -0.4 is 0 Å². The van der Waals surface area contributed by atoms with Gasteiger partial charge < -0.3 is 0 Å². The van der Waals surface area contributed by atoms with E-state index in [1.54, 1.807) is 0 Å². The average molecular weight is 270 g/mol. The molecule has 0 aliphatic rings. The molecule has 2 aromatic carbocycles. The average Bonchev–Trinajstić information content (AvgIpc) is 2.19. The highest BCUT2D eigenvalue weighted by atomic mass is 79.9. The van der Waals surface area contributed by atoms with Crippen molar-refractivity contribution in [2.75, 3.05) is 5.88 Å². The minimum Gasteiger partial charge on any atom is -0.126 e. The Morgan fingerprint density at radius 3 is 2.50 bits per heavy atom. The summed E-state index contributed by atoms with van der Waals surface area (Å²) in [6.07, 6.45) is 0.918. The molecule has 2 rings (SSSR count). The highest BCUT2D eigenvalue weighted by molar-refractivity contribution is 9.10. The number of hydrogen-bond acceptors (Lipinski definition) is 0. The van der Waals surface area contributed by atoms with E-state index >= 15 is 0 Å². The molecule has 0 aliphatic heterocycles. The van der Waals surface area contributed by atoms with Crippen LogP contribution in [0.3, 0.4) is 0 Å². The first-order valence-electron chi connectivity index (χ1n) is 4.55. The summed E-state index contributed by atoms with van der Waals surface area (Å²) in [4.78, 5) is 0. The third kappa shape index (κ3) is 1.79. The van der Waals surface area contributed by atoms with Crippen LogP contribution in [-0.2, 0) is 6.42 Å². The van der Waals surface area contributed by atoms with Crippen LogP contribution in [0.4, 0.5) is 0 Å². The monoisotopic (exact) mass is 268 g/mol. The van der Waals surface area contributed by atoms with E-state index in [4.69, 9.17) is 11.6 Å². The summed E-state index contributed by atoms with van der Waals surface area (Å²) < 4.78 is 1.15. The third-order valence-electron chi connectivity index (χ3n) is 2.30. The van der Waals surface area contributed by atoms with Gasteiger partial charge in [0.25, 0.3) is 0 Å². The van der Waals surface area contributed by atoms with Gasteiger partial charge in [-0.2, -0.15) is 0 Å². The van der Waals surface area contributed by atoms with Gasteiger partial charge in [-0.05, 0) is 28.8 Å². The van der Waals surface area contributed by atoms with Gasteiger partial charge in [0.2, 0.25) is 0 Å². The maximum absolute atomic E-state index is 5.77. The molecule has 0 heterocycles. The van der Waals surface area contributed by atoms with Crippen LogP contribution in [0.25, 0.3) is 10.8 Å². The zero-order valence-corrected chi connectivity index (χ0v) is 9.98. The Hall–Kier alpha value is -0.530. The van der Waals surface area contributed by atoms with E-state index in [0.29, 0.717) is 5.88 Å². The summed E-state index contributed by atoms with van der Waals surface area (Å²) in [5.41, 5.74) is 1.31. The zero-order valence-electron chi connectivity index (χ0n) is 7.63. The van der Waals surface area contributed by atoms with Gasteiger partial charge >= 0.3 is 0 Å². The molecule has 2 heteroatoms. The summed E-state index contributed by atoms with van der Waals surface area (Å²) in [6, 6.07) is 12.6. The molecule has 14 heavy (non-hydrogen) atoms. The van der Waals surface area contributed by atoms with Crippen molar-refractivity contribution in [1.29, 1.82) is 0 Å². The molecule has 0 aliphatic carbocycles. The predicted octanol–water partition coefficient (Wildman–Crippen LogP) is 4.38. The SMILES string of the molecule is ClCCc1cccc2cccc(Br)c12. The Morgan fingerprint density at radius 2 is 1.79 bits per heavy atom. The molecule has 0 radical (unpaired) electrons. The first kappa shape index (κ1) is 10.0. The number of alkyl halides is 1. The van der Waals surface area contributed by atoms with Gasteiger partial charge in [0, 0.05) is 10.4 Å². The van der Waals surface area contributed by atoms with Crippen molar-refractivity contribution < 1.29 is 0 Å². The zero-order chi connectivity index (χ0) is 9.97. The fourth-order valence-electron chi connectivity index (χ4n) is 1.68. The van der Waals surface area contributed by atoms with Gasteiger partial charge in [0.05, 0.1) is 0 Å². The van der Waals surface area contributed by atoms with Gasteiger partial charge in [-0.1, -0.05) is 46.3 Å². The Labute approximate surface area is 97.0 Å². The van der Waals surface area contributed by atoms with Gasteiger partial charge in [-0.15, -0.1) is 11.6 Å². The fraction of sp³-hybridized carbons (Fsp3) is 0.167. The summed E-state index contributed by atoms with van der Waals surface area (Å²) >= 11 is 9.35. The molecule has 0 spiro atoms. The number of hydrogen-bond donors (Lipinski definition) is 0. The van der Waals surface area contributed by atoms with Crippen molar-refractivity contribution in [3.8, 4) is 0 Å². The largest absolute Gasteiger partial charge is 0.126 e. The van der Waals surface area contributed by atoms with E-state index in [9.17, 15) is 0 Å². The van der Waals surface area contributed by atoms with E-state index < -0.39 is 0 Å². The van der Waals surface area contributed by atoms with E-state index in [1.807, 2.05) is 0 Å². The lowest BCUT2D eigenvalue weighted by Crippen LogP contribution is -1.88. The van der Waals surface area contributed by atoms with Crippen LogP contribution in [0, 0.1) is 0 Å². The lowest BCUT2D eigenvalue weighted by Gasteiger charge is -2.06. The second-order valence-electron chi connectivity index (χ2n) is 3.19. The first-order valence-corrected chi connectivity index (χ1v) is 5.88. The standard InChI is InChI=1S/C12H10BrCl/c13-11-6-2-5-9-3-1-4-10(7-8-14)12(9)11/h1-6H,7-8H2. The summed E-state index contributed by atoms with van der Waals surface area (Å²) in [7, 11) is 0. The second kappa shape index (κ2) is 4.33. The van der Waals surface area contributed by atoms with E-state index in [-0.39, 0.29) is 0 Å². The van der Waals surface area contributed by atoms with E-state index in [2.05, 4.69) is 52.3 Å². The molecule has 72 valence electrons. The van der Waals surface area contributed by atoms with Gasteiger partial charge in [0.1, 0.15) is 0 Å².